The van der Waals surface area contributed by atoms with Gasteiger partial charge in [-0.3, -0.25) is 0 Å². The number of hydrogen-bond acceptors (Lipinski definition) is 2. The first-order valence-corrected chi connectivity index (χ1v) is 8.66. The fourth-order valence-corrected chi connectivity index (χ4v) is 3.66. The van der Waals surface area contributed by atoms with Crippen LogP contribution in [-0.2, 0) is 9.31 Å². The summed E-state index contributed by atoms with van der Waals surface area (Å²) < 4.78 is 12.4. The predicted molar refractivity (Wildman–Crippen MR) is 96.2 cm³/mol. The molecule has 22 heavy (non-hydrogen) atoms. The fraction of sp³-hybridized carbons (Fsp3) is 0.333. The van der Waals surface area contributed by atoms with Gasteiger partial charge >= 0.3 is 7.12 Å². The van der Waals surface area contributed by atoms with Crippen molar-refractivity contribution in [2.24, 2.45) is 0 Å². The van der Waals surface area contributed by atoms with Gasteiger partial charge in [0.25, 0.3) is 0 Å². The molecule has 0 bridgehead atoms. The highest BCUT2D eigenvalue weighted by molar-refractivity contribution is 7.56. The van der Waals surface area contributed by atoms with E-state index in [0.29, 0.717) is 8.58 Å². The van der Waals surface area contributed by atoms with Gasteiger partial charge in [0, 0.05) is 0 Å². The Kier molecular flexibility index (Phi) is 4.16. The molecular weight excluding hydrogens is 290 g/mol. The largest absolute Gasteiger partial charge is 0.495 e. The molecule has 0 radical (unpaired) electrons. The van der Waals surface area contributed by atoms with Gasteiger partial charge in [-0.25, -0.2) is 0 Å². The summed E-state index contributed by atoms with van der Waals surface area (Å²) in [7, 11) is 0.312. The van der Waals surface area contributed by atoms with Crippen molar-refractivity contribution in [1.29, 1.82) is 0 Å². The minimum Gasteiger partial charge on any atom is -0.399 e. The molecular formula is C18H22BO2P. The van der Waals surface area contributed by atoms with Crippen LogP contribution in [0.25, 0.3) is 0 Å². The quantitative estimate of drug-likeness (QED) is 0.641. The van der Waals surface area contributed by atoms with Crippen molar-refractivity contribution in [2.45, 2.75) is 38.9 Å². The summed E-state index contributed by atoms with van der Waals surface area (Å²) in [5.74, 6) is 0. The van der Waals surface area contributed by atoms with E-state index in [1.54, 1.807) is 0 Å². The molecule has 1 aliphatic rings. The normalized spacial score (nSPS) is 19.9. The molecule has 0 aliphatic carbocycles. The molecule has 1 unspecified atom stereocenters. The molecule has 3 rings (SSSR count). The molecule has 1 aliphatic heterocycles. The van der Waals surface area contributed by atoms with Gasteiger partial charge in [-0.1, -0.05) is 63.2 Å². The summed E-state index contributed by atoms with van der Waals surface area (Å²) in [6, 6.07) is 19.0. The van der Waals surface area contributed by atoms with E-state index >= 15 is 0 Å². The van der Waals surface area contributed by atoms with E-state index in [9.17, 15) is 0 Å². The third-order valence-electron chi connectivity index (χ3n) is 4.52. The van der Waals surface area contributed by atoms with Gasteiger partial charge < -0.3 is 9.31 Å². The number of benzene rings is 2. The Morgan fingerprint density at radius 3 is 1.95 bits per heavy atom. The number of hydrogen-bond donors (Lipinski definition) is 0. The van der Waals surface area contributed by atoms with Gasteiger partial charge in [-0.2, -0.15) is 0 Å². The molecule has 0 aromatic heterocycles. The van der Waals surface area contributed by atoms with E-state index in [2.05, 4.69) is 76.2 Å². The minimum atomic E-state index is -0.305. The van der Waals surface area contributed by atoms with E-state index in [-0.39, 0.29) is 18.3 Å². The Labute approximate surface area is 135 Å². The lowest BCUT2D eigenvalue weighted by Gasteiger charge is -2.32. The third-order valence-corrected chi connectivity index (χ3v) is 5.87. The molecule has 1 heterocycles. The molecule has 0 amide bonds. The highest BCUT2D eigenvalue weighted by Gasteiger charge is 2.52. The maximum Gasteiger partial charge on any atom is 0.495 e. The lowest BCUT2D eigenvalue weighted by Crippen LogP contribution is -2.41. The molecule has 1 atom stereocenters. The van der Waals surface area contributed by atoms with E-state index in [1.165, 1.54) is 10.6 Å². The molecule has 0 N–H and O–H groups in total. The monoisotopic (exact) mass is 312 g/mol. The molecule has 2 aromatic rings. The molecule has 1 saturated heterocycles. The highest BCUT2D eigenvalue weighted by atomic mass is 31.1. The number of rotatable bonds is 3. The van der Waals surface area contributed by atoms with Crippen molar-refractivity contribution in [3.8, 4) is 0 Å². The lowest BCUT2D eigenvalue weighted by atomic mass is 9.79. The van der Waals surface area contributed by atoms with Gasteiger partial charge in [0.15, 0.2) is 0 Å². The first-order chi connectivity index (χ1) is 10.4. The average Bonchev–Trinajstić information content (AvgIpc) is 2.69. The first kappa shape index (κ1) is 15.7. The predicted octanol–water partition coefficient (Wildman–Crippen LogP) is 2.62. The van der Waals surface area contributed by atoms with Crippen LogP contribution in [0, 0.1) is 0 Å². The molecule has 1 fully saturated rings. The molecule has 114 valence electrons. The van der Waals surface area contributed by atoms with Crippen LogP contribution in [-0.4, -0.2) is 18.3 Å². The Morgan fingerprint density at radius 1 is 0.773 bits per heavy atom. The summed E-state index contributed by atoms with van der Waals surface area (Å²) in [4.78, 5) is 0. The van der Waals surface area contributed by atoms with Crippen molar-refractivity contribution in [3.05, 3.63) is 54.6 Å². The Balaban J connectivity index is 1.90. The second-order valence-corrected chi connectivity index (χ2v) is 8.03. The molecule has 0 saturated carbocycles. The topological polar surface area (TPSA) is 18.5 Å². The second-order valence-electron chi connectivity index (χ2n) is 6.67. The molecule has 2 aromatic carbocycles. The van der Waals surface area contributed by atoms with Gasteiger partial charge in [0.2, 0.25) is 0 Å². The smallest absolute Gasteiger partial charge is 0.399 e. The average molecular weight is 312 g/mol. The van der Waals surface area contributed by atoms with Crippen molar-refractivity contribution in [1.82, 2.24) is 0 Å². The maximum absolute atomic E-state index is 6.21. The first-order valence-electron chi connectivity index (χ1n) is 7.66. The van der Waals surface area contributed by atoms with Gasteiger partial charge in [0.1, 0.15) is 0 Å². The minimum absolute atomic E-state index is 0.294. The van der Waals surface area contributed by atoms with Crippen molar-refractivity contribution in [2.75, 3.05) is 0 Å². The van der Waals surface area contributed by atoms with Crippen molar-refractivity contribution < 1.29 is 9.31 Å². The van der Waals surface area contributed by atoms with Gasteiger partial charge in [0.05, 0.1) is 11.2 Å². The van der Waals surface area contributed by atoms with Crippen LogP contribution in [0.1, 0.15) is 27.7 Å². The fourth-order valence-electron chi connectivity index (χ4n) is 2.46. The molecule has 2 nitrogen and oxygen atoms in total. The maximum atomic E-state index is 6.21. The van der Waals surface area contributed by atoms with Crippen molar-refractivity contribution >= 4 is 31.8 Å². The van der Waals surface area contributed by atoms with E-state index < -0.39 is 0 Å². The van der Waals surface area contributed by atoms with Crippen LogP contribution in [0.15, 0.2) is 54.6 Å². The SMILES string of the molecule is CC1(C)OB(c2ccccc2Pc2ccccc2)OC1(C)C. The second kappa shape index (κ2) is 5.81. The van der Waals surface area contributed by atoms with E-state index in [1.807, 2.05) is 6.07 Å². The van der Waals surface area contributed by atoms with Gasteiger partial charge in [-0.05, 0) is 43.8 Å². The lowest BCUT2D eigenvalue weighted by molar-refractivity contribution is 0.00578. The van der Waals surface area contributed by atoms with Crippen LogP contribution in [0.3, 0.4) is 0 Å². The van der Waals surface area contributed by atoms with Gasteiger partial charge in [-0.15, -0.1) is 0 Å². The van der Waals surface area contributed by atoms with Crippen LogP contribution >= 0.6 is 8.58 Å². The Morgan fingerprint density at radius 2 is 1.32 bits per heavy atom. The summed E-state index contributed by atoms with van der Waals surface area (Å²) in [6.07, 6.45) is 0. The Bertz CT molecular complexity index is 639. The standard InChI is InChI=1S/C18H22BO2P/c1-17(2)18(3,4)21-19(20-17)15-12-8-9-13-16(15)22-14-10-6-5-7-11-14/h5-13,22H,1-4H3. The highest BCUT2D eigenvalue weighted by Crippen LogP contribution is 2.36. The zero-order valence-corrected chi connectivity index (χ0v) is 14.6. The van der Waals surface area contributed by atoms with E-state index in [0.717, 1.165) is 5.46 Å². The van der Waals surface area contributed by atoms with E-state index in [4.69, 9.17) is 9.31 Å². The van der Waals surface area contributed by atoms with Crippen LogP contribution < -0.4 is 16.1 Å². The molecule has 0 spiro atoms. The Hall–Kier alpha value is -1.15. The van der Waals surface area contributed by atoms with Crippen LogP contribution in [0.4, 0.5) is 0 Å². The summed E-state index contributed by atoms with van der Waals surface area (Å²) in [6.45, 7) is 8.37. The zero-order chi connectivity index (χ0) is 15.8. The summed E-state index contributed by atoms with van der Waals surface area (Å²) in [5, 5.41) is 2.61. The zero-order valence-electron chi connectivity index (χ0n) is 13.6. The molecule has 4 heteroatoms. The van der Waals surface area contributed by atoms with Crippen LogP contribution in [0.2, 0.25) is 0 Å². The summed E-state index contributed by atoms with van der Waals surface area (Å²) >= 11 is 0. The van der Waals surface area contributed by atoms with Crippen LogP contribution in [0.5, 0.6) is 0 Å². The summed E-state index contributed by atoms with van der Waals surface area (Å²) in [5.41, 5.74) is 0.532. The van der Waals surface area contributed by atoms with Crippen molar-refractivity contribution in [3.63, 3.8) is 0 Å². The third kappa shape index (κ3) is 2.99.